The van der Waals surface area contributed by atoms with Gasteiger partial charge in [0.15, 0.2) is 0 Å². The lowest BCUT2D eigenvalue weighted by molar-refractivity contribution is 0.0271. The molecule has 0 aliphatic heterocycles. The maximum absolute atomic E-state index is 12.2. The minimum Gasteiger partial charge on any atom is -0.391 e. The molecule has 3 nitrogen and oxygen atoms in total. The van der Waals surface area contributed by atoms with Gasteiger partial charge in [-0.2, -0.15) is 0 Å². The summed E-state index contributed by atoms with van der Waals surface area (Å²) < 4.78 is 0.617. The van der Waals surface area contributed by atoms with Crippen LogP contribution in [0.4, 0.5) is 0 Å². The number of hydrogen-bond acceptors (Lipinski definition) is 3. The Bertz CT molecular complexity index is 407. The molecule has 0 aromatic carbocycles. The fourth-order valence-corrected chi connectivity index (χ4v) is 3.32. The zero-order chi connectivity index (χ0) is 12.4. The van der Waals surface area contributed by atoms with Crippen LogP contribution in [-0.4, -0.2) is 35.1 Å². The maximum Gasteiger partial charge on any atom is 0.264 e. The van der Waals surface area contributed by atoms with E-state index in [9.17, 15) is 9.90 Å². The van der Waals surface area contributed by atoms with Crippen molar-refractivity contribution in [1.29, 1.82) is 0 Å². The first-order valence-electron chi connectivity index (χ1n) is 5.80. The van der Waals surface area contributed by atoms with E-state index in [-0.39, 0.29) is 11.9 Å². The van der Waals surface area contributed by atoms with Crippen LogP contribution in [0.5, 0.6) is 0 Å². The topological polar surface area (TPSA) is 40.5 Å². The van der Waals surface area contributed by atoms with Crippen molar-refractivity contribution < 1.29 is 9.90 Å². The molecule has 0 radical (unpaired) electrons. The monoisotopic (exact) mass is 273 g/mol. The highest BCUT2D eigenvalue weighted by atomic mass is 35.5. The molecule has 0 saturated heterocycles. The van der Waals surface area contributed by atoms with Gasteiger partial charge in [-0.25, -0.2) is 0 Å². The normalized spacial score (nSPS) is 24.6. The summed E-state index contributed by atoms with van der Waals surface area (Å²) >= 11 is 7.10. The number of aliphatic hydroxyl groups excluding tert-OH is 1. The number of amides is 1. The van der Waals surface area contributed by atoms with E-state index in [1.54, 1.807) is 24.1 Å². The highest BCUT2D eigenvalue weighted by Crippen LogP contribution is 2.26. The lowest BCUT2D eigenvalue weighted by Crippen LogP contribution is -2.46. The van der Waals surface area contributed by atoms with Crippen molar-refractivity contribution in [3.63, 3.8) is 0 Å². The number of rotatable bonds is 2. The average Bonchev–Trinajstić information content (AvgIpc) is 2.75. The lowest BCUT2D eigenvalue weighted by Gasteiger charge is -2.34. The van der Waals surface area contributed by atoms with E-state index in [0.717, 1.165) is 25.7 Å². The summed E-state index contributed by atoms with van der Waals surface area (Å²) in [6.07, 6.45) is 3.39. The van der Waals surface area contributed by atoms with Crippen LogP contribution in [0.1, 0.15) is 35.4 Å². The molecule has 1 aliphatic carbocycles. The second-order valence-electron chi connectivity index (χ2n) is 4.44. The number of carbonyl (C=O) groups is 1. The summed E-state index contributed by atoms with van der Waals surface area (Å²) in [5.41, 5.74) is 0. The lowest BCUT2D eigenvalue weighted by atomic mass is 9.91. The molecule has 17 heavy (non-hydrogen) atoms. The Morgan fingerprint density at radius 2 is 2.18 bits per heavy atom. The standard InChI is InChI=1S/C12H16ClNO2S/c1-14(8-4-2-3-5-9(8)15)12(16)10-6-7-11(13)17-10/h6-9,15H,2-5H2,1H3. The van der Waals surface area contributed by atoms with Gasteiger partial charge in [0, 0.05) is 7.05 Å². The molecule has 5 heteroatoms. The molecule has 1 N–H and O–H groups in total. The van der Waals surface area contributed by atoms with Crippen LogP contribution in [0.3, 0.4) is 0 Å². The summed E-state index contributed by atoms with van der Waals surface area (Å²) in [4.78, 5) is 14.5. The quantitative estimate of drug-likeness (QED) is 0.900. The number of thiophene rings is 1. The molecule has 2 atom stereocenters. The number of aliphatic hydroxyl groups is 1. The predicted octanol–water partition coefficient (Wildman–Crippen LogP) is 2.78. The van der Waals surface area contributed by atoms with Gasteiger partial charge in [-0.3, -0.25) is 4.79 Å². The molecule has 1 amide bonds. The van der Waals surface area contributed by atoms with Crippen molar-refractivity contribution >= 4 is 28.8 Å². The molecule has 1 heterocycles. The van der Waals surface area contributed by atoms with Crippen LogP contribution in [0, 0.1) is 0 Å². The fourth-order valence-electron chi connectivity index (χ4n) is 2.30. The van der Waals surface area contributed by atoms with Crippen LogP contribution in [-0.2, 0) is 0 Å². The molecule has 2 rings (SSSR count). The summed E-state index contributed by atoms with van der Waals surface area (Å²) in [7, 11) is 1.76. The smallest absolute Gasteiger partial charge is 0.264 e. The fraction of sp³-hybridized carbons (Fsp3) is 0.583. The number of nitrogens with zero attached hydrogens (tertiary/aromatic N) is 1. The first kappa shape index (κ1) is 12.9. The van der Waals surface area contributed by atoms with Crippen LogP contribution >= 0.6 is 22.9 Å². The van der Waals surface area contributed by atoms with E-state index in [1.165, 1.54) is 11.3 Å². The van der Waals surface area contributed by atoms with Crippen molar-refractivity contribution in [2.45, 2.75) is 37.8 Å². The number of carbonyl (C=O) groups excluding carboxylic acids is 1. The maximum atomic E-state index is 12.2. The summed E-state index contributed by atoms with van der Waals surface area (Å²) in [6, 6.07) is 3.41. The Labute approximate surface area is 110 Å². The van der Waals surface area contributed by atoms with Crippen molar-refractivity contribution in [2.24, 2.45) is 0 Å². The molecule has 1 aromatic heterocycles. The minimum absolute atomic E-state index is 0.0483. The van der Waals surface area contributed by atoms with E-state index in [4.69, 9.17) is 11.6 Å². The predicted molar refractivity (Wildman–Crippen MR) is 69.7 cm³/mol. The highest BCUT2D eigenvalue weighted by molar-refractivity contribution is 7.17. The Hall–Kier alpha value is -0.580. The minimum atomic E-state index is -0.395. The highest BCUT2D eigenvalue weighted by Gasteiger charge is 2.30. The molecule has 1 saturated carbocycles. The van der Waals surface area contributed by atoms with Crippen LogP contribution in [0.25, 0.3) is 0 Å². The van der Waals surface area contributed by atoms with E-state index < -0.39 is 6.10 Å². The summed E-state index contributed by atoms with van der Waals surface area (Å²) in [5, 5.41) is 9.92. The van der Waals surface area contributed by atoms with Gasteiger partial charge in [-0.15, -0.1) is 11.3 Å². The third kappa shape index (κ3) is 2.81. The second-order valence-corrected chi connectivity index (χ2v) is 6.15. The van der Waals surface area contributed by atoms with E-state index in [1.807, 2.05) is 0 Å². The van der Waals surface area contributed by atoms with Gasteiger partial charge in [-0.05, 0) is 25.0 Å². The zero-order valence-electron chi connectivity index (χ0n) is 9.73. The van der Waals surface area contributed by atoms with Crippen molar-refractivity contribution in [3.05, 3.63) is 21.3 Å². The molecular weight excluding hydrogens is 258 g/mol. The first-order valence-corrected chi connectivity index (χ1v) is 6.99. The Morgan fingerprint density at radius 3 is 2.76 bits per heavy atom. The van der Waals surface area contributed by atoms with Gasteiger partial charge in [-0.1, -0.05) is 24.4 Å². The van der Waals surface area contributed by atoms with Crippen LogP contribution in [0.2, 0.25) is 4.34 Å². The van der Waals surface area contributed by atoms with Gasteiger partial charge < -0.3 is 10.0 Å². The Morgan fingerprint density at radius 1 is 1.47 bits per heavy atom. The Kier molecular flexibility index (Phi) is 4.07. The molecule has 2 unspecified atom stereocenters. The number of halogens is 1. The summed E-state index contributed by atoms with van der Waals surface area (Å²) in [5.74, 6) is -0.0483. The molecule has 1 fully saturated rings. The Balaban J connectivity index is 2.08. The number of hydrogen-bond donors (Lipinski definition) is 1. The number of likely N-dealkylation sites (N-methyl/N-ethyl adjacent to an activating group) is 1. The zero-order valence-corrected chi connectivity index (χ0v) is 11.3. The van der Waals surface area contributed by atoms with Crippen LogP contribution in [0.15, 0.2) is 12.1 Å². The molecule has 94 valence electrons. The molecule has 1 aromatic rings. The molecular formula is C12H16ClNO2S. The van der Waals surface area contributed by atoms with E-state index in [2.05, 4.69) is 0 Å². The average molecular weight is 274 g/mol. The summed E-state index contributed by atoms with van der Waals surface area (Å²) in [6.45, 7) is 0. The van der Waals surface area contributed by atoms with Crippen molar-refractivity contribution in [2.75, 3.05) is 7.05 Å². The SMILES string of the molecule is CN(C(=O)c1ccc(Cl)s1)C1CCCCC1O. The first-order chi connectivity index (χ1) is 8.09. The third-order valence-electron chi connectivity index (χ3n) is 3.30. The molecule has 0 bridgehead atoms. The van der Waals surface area contributed by atoms with Gasteiger partial charge in [0.1, 0.15) is 0 Å². The van der Waals surface area contributed by atoms with Crippen molar-refractivity contribution in [3.8, 4) is 0 Å². The molecule has 1 aliphatic rings. The third-order valence-corrected chi connectivity index (χ3v) is 4.51. The van der Waals surface area contributed by atoms with Gasteiger partial charge in [0.05, 0.1) is 21.4 Å². The molecule has 0 spiro atoms. The van der Waals surface area contributed by atoms with Crippen molar-refractivity contribution in [1.82, 2.24) is 4.90 Å². The van der Waals surface area contributed by atoms with E-state index >= 15 is 0 Å². The van der Waals surface area contributed by atoms with Gasteiger partial charge >= 0.3 is 0 Å². The second kappa shape index (κ2) is 5.38. The van der Waals surface area contributed by atoms with Gasteiger partial charge in [0.25, 0.3) is 5.91 Å². The largest absolute Gasteiger partial charge is 0.391 e. The van der Waals surface area contributed by atoms with E-state index in [0.29, 0.717) is 9.21 Å². The van der Waals surface area contributed by atoms with Gasteiger partial charge in [0.2, 0.25) is 0 Å². The van der Waals surface area contributed by atoms with Crippen LogP contribution < -0.4 is 0 Å².